The molecule has 0 bridgehead atoms. The first-order chi connectivity index (χ1) is 10.6. The lowest BCUT2D eigenvalue weighted by Gasteiger charge is -2.19. The zero-order valence-corrected chi connectivity index (χ0v) is 12.6. The number of amides is 2. The molecule has 0 fully saturated rings. The van der Waals surface area contributed by atoms with Gasteiger partial charge in [-0.3, -0.25) is 10.1 Å². The molecule has 2 rings (SSSR count). The molecule has 1 aliphatic rings. The third-order valence-corrected chi connectivity index (χ3v) is 3.23. The monoisotopic (exact) mass is 301 g/mol. The molecule has 2 amide bonds. The predicted molar refractivity (Wildman–Crippen MR) is 84.7 cm³/mol. The van der Waals surface area contributed by atoms with Gasteiger partial charge in [-0.1, -0.05) is 31.2 Å². The fourth-order valence-electron chi connectivity index (χ4n) is 2.10. The molecule has 0 spiro atoms. The third kappa shape index (κ3) is 4.18. The van der Waals surface area contributed by atoms with Gasteiger partial charge in [0.1, 0.15) is 6.61 Å². The Labute approximate surface area is 129 Å². The Bertz CT molecular complexity index is 606. The Kier molecular flexibility index (Phi) is 5.30. The van der Waals surface area contributed by atoms with E-state index in [2.05, 4.69) is 15.8 Å². The maximum Gasteiger partial charge on any atom is 0.411 e. The number of hydrogen-bond donors (Lipinski definition) is 2. The molecule has 0 saturated carbocycles. The fraction of sp³-hybridized carbons (Fsp3) is 0.312. The number of carbonyl (C=O) groups is 2. The van der Waals surface area contributed by atoms with Gasteiger partial charge in [-0.15, -0.1) is 0 Å². The van der Waals surface area contributed by atoms with Crippen molar-refractivity contribution in [1.82, 2.24) is 5.43 Å². The molecule has 2 N–H and O–H groups in total. The molecule has 0 aromatic heterocycles. The lowest BCUT2D eigenvalue weighted by atomic mass is 9.94. The van der Waals surface area contributed by atoms with E-state index in [1.165, 1.54) is 0 Å². The van der Waals surface area contributed by atoms with Crippen molar-refractivity contribution in [3.63, 3.8) is 0 Å². The van der Waals surface area contributed by atoms with Crippen molar-refractivity contribution in [3.05, 3.63) is 42.0 Å². The van der Waals surface area contributed by atoms with Gasteiger partial charge in [0.25, 0.3) is 0 Å². The van der Waals surface area contributed by atoms with E-state index >= 15 is 0 Å². The van der Waals surface area contributed by atoms with Gasteiger partial charge in [-0.05, 0) is 24.6 Å². The molecule has 1 heterocycles. The summed E-state index contributed by atoms with van der Waals surface area (Å²) in [6.45, 7) is 4.06. The number of ether oxygens (including phenoxy) is 1. The van der Waals surface area contributed by atoms with Crippen molar-refractivity contribution in [2.75, 3.05) is 11.9 Å². The van der Waals surface area contributed by atoms with Crippen LogP contribution in [-0.2, 0) is 9.53 Å². The lowest BCUT2D eigenvalue weighted by molar-refractivity contribution is -0.121. The molecular weight excluding hydrogens is 282 g/mol. The fourth-order valence-corrected chi connectivity index (χ4v) is 2.10. The lowest BCUT2D eigenvalue weighted by Crippen LogP contribution is -2.31. The SMILES string of the molecule is C/C=C/COC(=O)Nc1ccc(C2=NNC(=O)CC2C)cc1. The van der Waals surface area contributed by atoms with Crippen LogP contribution >= 0.6 is 0 Å². The summed E-state index contributed by atoms with van der Waals surface area (Å²) in [5, 5.41) is 6.74. The number of anilines is 1. The molecule has 116 valence electrons. The predicted octanol–water partition coefficient (Wildman–Crippen LogP) is 2.67. The van der Waals surface area contributed by atoms with Crippen LogP contribution in [0.25, 0.3) is 0 Å². The van der Waals surface area contributed by atoms with Crippen molar-refractivity contribution in [2.24, 2.45) is 11.0 Å². The maximum absolute atomic E-state index is 11.5. The highest BCUT2D eigenvalue weighted by atomic mass is 16.5. The smallest absolute Gasteiger partial charge is 0.411 e. The van der Waals surface area contributed by atoms with Gasteiger partial charge in [0.15, 0.2) is 0 Å². The Hall–Kier alpha value is -2.63. The summed E-state index contributed by atoms with van der Waals surface area (Å²) in [6, 6.07) is 7.26. The minimum Gasteiger partial charge on any atom is -0.445 e. The maximum atomic E-state index is 11.5. The second-order valence-electron chi connectivity index (χ2n) is 5.01. The number of rotatable bonds is 4. The van der Waals surface area contributed by atoms with Crippen LogP contribution in [-0.4, -0.2) is 24.3 Å². The van der Waals surface area contributed by atoms with Crippen LogP contribution in [0.5, 0.6) is 0 Å². The van der Waals surface area contributed by atoms with E-state index in [-0.39, 0.29) is 18.4 Å². The van der Waals surface area contributed by atoms with Crippen LogP contribution in [0.2, 0.25) is 0 Å². The highest BCUT2D eigenvalue weighted by Crippen LogP contribution is 2.18. The zero-order chi connectivity index (χ0) is 15.9. The summed E-state index contributed by atoms with van der Waals surface area (Å²) in [6.07, 6.45) is 3.49. The molecule has 1 aliphatic heterocycles. The summed E-state index contributed by atoms with van der Waals surface area (Å²) in [5.74, 6) is -0.00299. The minimum atomic E-state index is -0.499. The molecular formula is C16H19N3O3. The number of hydrogen-bond acceptors (Lipinski definition) is 4. The third-order valence-electron chi connectivity index (χ3n) is 3.23. The van der Waals surface area contributed by atoms with Gasteiger partial charge >= 0.3 is 6.09 Å². The van der Waals surface area contributed by atoms with Crippen molar-refractivity contribution in [1.29, 1.82) is 0 Å². The normalized spacial score (nSPS) is 17.8. The molecule has 6 nitrogen and oxygen atoms in total. The number of nitrogens with zero attached hydrogens (tertiary/aromatic N) is 1. The van der Waals surface area contributed by atoms with Crippen molar-refractivity contribution >= 4 is 23.4 Å². The van der Waals surface area contributed by atoms with Crippen LogP contribution in [0.1, 0.15) is 25.8 Å². The number of benzene rings is 1. The standard InChI is InChI=1S/C16H19N3O3/c1-3-4-9-22-16(21)17-13-7-5-12(6-8-13)15-11(2)10-14(20)18-19-15/h3-8,11H,9-10H2,1-2H3,(H,17,21)(H,18,20)/b4-3+. The largest absolute Gasteiger partial charge is 0.445 e. The molecule has 6 heteroatoms. The zero-order valence-electron chi connectivity index (χ0n) is 12.6. The number of carbonyl (C=O) groups excluding carboxylic acids is 2. The van der Waals surface area contributed by atoms with Crippen LogP contribution in [0.4, 0.5) is 10.5 Å². The van der Waals surface area contributed by atoms with Crippen LogP contribution in [0.15, 0.2) is 41.5 Å². The van der Waals surface area contributed by atoms with Crippen LogP contribution in [0.3, 0.4) is 0 Å². The second-order valence-corrected chi connectivity index (χ2v) is 5.01. The highest BCUT2D eigenvalue weighted by Gasteiger charge is 2.21. The summed E-state index contributed by atoms with van der Waals surface area (Å²) in [7, 11) is 0. The van der Waals surface area contributed by atoms with Gasteiger partial charge < -0.3 is 4.74 Å². The summed E-state index contributed by atoms with van der Waals surface area (Å²) in [5.41, 5.74) is 4.88. The molecule has 1 aromatic carbocycles. The van der Waals surface area contributed by atoms with E-state index in [1.54, 1.807) is 18.2 Å². The van der Waals surface area contributed by atoms with Gasteiger partial charge in [-0.25, -0.2) is 10.2 Å². The molecule has 1 aromatic rings. The van der Waals surface area contributed by atoms with Crippen LogP contribution in [0, 0.1) is 5.92 Å². The molecule has 0 saturated heterocycles. The van der Waals surface area contributed by atoms with E-state index in [4.69, 9.17) is 4.74 Å². The molecule has 22 heavy (non-hydrogen) atoms. The number of allylic oxidation sites excluding steroid dienone is 1. The quantitative estimate of drug-likeness (QED) is 0.839. The van der Waals surface area contributed by atoms with E-state index in [9.17, 15) is 9.59 Å². The highest BCUT2D eigenvalue weighted by molar-refractivity contribution is 6.06. The Morgan fingerprint density at radius 1 is 1.45 bits per heavy atom. The van der Waals surface area contributed by atoms with Gasteiger partial charge in [0.05, 0.1) is 5.71 Å². The van der Waals surface area contributed by atoms with Gasteiger partial charge in [0.2, 0.25) is 5.91 Å². The van der Waals surface area contributed by atoms with Crippen molar-refractivity contribution < 1.29 is 14.3 Å². The van der Waals surface area contributed by atoms with Gasteiger partial charge in [-0.2, -0.15) is 5.10 Å². The first-order valence-electron chi connectivity index (χ1n) is 7.12. The Balaban J connectivity index is 1.98. The molecule has 0 aliphatic carbocycles. The van der Waals surface area contributed by atoms with E-state index < -0.39 is 6.09 Å². The summed E-state index contributed by atoms with van der Waals surface area (Å²) in [4.78, 5) is 22.8. The van der Waals surface area contributed by atoms with Crippen LogP contribution < -0.4 is 10.7 Å². The average Bonchev–Trinajstić information content (AvgIpc) is 2.49. The van der Waals surface area contributed by atoms with Crippen molar-refractivity contribution in [2.45, 2.75) is 20.3 Å². The van der Waals surface area contributed by atoms with E-state index in [1.807, 2.05) is 32.1 Å². The summed E-state index contributed by atoms with van der Waals surface area (Å²) < 4.78 is 4.95. The topological polar surface area (TPSA) is 79.8 Å². The first-order valence-corrected chi connectivity index (χ1v) is 7.12. The average molecular weight is 301 g/mol. The second kappa shape index (κ2) is 7.40. The first kappa shape index (κ1) is 15.8. The van der Waals surface area contributed by atoms with E-state index in [0.29, 0.717) is 12.1 Å². The van der Waals surface area contributed by atoms with Gasteiger partial charge in [0, 0.05) is 18.0 Å². The Morgan fingerprint density at radius 3 is 2.82 bits per heavy atom. The summed E-state index contributed by atoms with van der Waals surface area (Å²) >= 11 is 0. The molecule has 1 atom stereocenters. The van der Waals surface area contributed by atoms with Crippen molar-refractivity contribution in [3.8, 4) is 0 Å². The molecule has 1 unspecified atom stereocenters. The number of nitrogens with one attached hydrogen (secondary N) is 2. The number of hydrazone groups is 1. The minimum absolute atomic E-state index is 0.0679. The Morgan fingerprint density at radius 2 is 2.18 bits per heavy atom. The molecule has 0 radical (unpaired) electrons. The van der Waals surface area contributed by atoms with E-state index in [0.717, 1.165) is 11.3 Å².